The van der Waals surface area contributed by atoms with E-state index in [-0.39, 0.29) is 12.1 Å². The van der Waals surface area contributed by atoms with Gasteiger partial charge >= 0.3 is 6.09 Å². The Morgan fingerprint density at radius 1 is 1.20 bits per heavy atom. The summed E-state index contributed by atoms with van der Waals surface area (Å²) in [5.41, 5.74) is 1.79. The molecule has 0 aliphatic carbocycles. The molecule has 3 rings (SSSR count). The van der Waals surface area contributed by atoms with Gasteiger partial charge in [-0.05, 0) is 39.8 Å². The third kappa shape index (κ3) is 4.42. The molecule has 0 spiro atoms. The highest BCUT2D eigenvalue weighted by Crippen LogP contribution is 2.27. The second kappa shape index (κ2) is 6.92. The van der Waals surface area contributed by atoms with Gasteiger partial charge in [0.25, 0.3) is 0 Å². The maximum absolute atomic E-state index is 12.3. The maximum atomic E-state index is 12.3. The Hall–Kier alpha value is -2.27. The summed E-state index contributed by atoms with van der Waals surface area (Å²) in [5.74, 6) is 1.68. The van der Waals surface area contributed by atoms with E-state index in [9.17, 15) is 4.79 Å². The number of ether oxygens (including phenoxy) is 1. The highest BCUT2D eigenvalue weighted by Gasteiger charge is 2.29. The molecule has 1 fully saturated rings. The van der Waals surface area contributed by atoms with Crippen LogP contribution in [-0.4, -0.2) is 36.2 Å². The number of piperazine rings is 1. The van der Waals surface area contributed by atoms with Crippen molar-refractivity contribution in [2.24, 2.45) is 0 Å². The highest BCUT2D eigenvalue weighted by atomic mass is 16.6. The lowest BCUT2D eigenvalue weighted by atomic mass is 10.1. The number of nitrogens with zero attached hydrogens (tertiary/aromatic N) is 1. The molecular weight excluding hydrogens is 316 g/mol. The number of carbonyl (C=O) groups excluding carboxylic acids is 1. The minimum atomic E-state index is -0.485. The minimum absolute atomic E-state index is 0.0273. The summed E-state index contributed by atoms with van der Waals surface area (Å²) in [4.78, 5) is 14.0. The number of rotatable bonds is 2. The zero-order valence-corrected chi connectivity index (χ0v) is 15.3. The molecule has 5 heteroatoms. The van der Waals surface area contributed by atoms with Gasteiger partial charge < -0.3 is 19.4 Å². The molecule has 1 aromatic heterocycles. The standard InChI is InChI=1S/C20H26N2O3/c1-14-5-7-15(8-6-14)17-9-10-18(24-17)16-13-22(12-11-21-16)19(23)25-20(2,3)4/h5-10,16,21H,11-13H2,1-4H3. The molecule has 0 bridgehead atoms. The molecule has 1 amide bonds. The first-order chi connectivity index (χ1) is 11.8. The van der Waals surface area contributed by atoms with Gasteiger partial charge in [0.1, 0.15) is 17.1 Å². The lowest BCUT2D eigenvalue weighted by Gasteiger charge is -2.34. The van der Waals surface area contributed by atoms with Crippen LogP contribution in [0.3, 0.4) is 0 Å². The summed E-state index contributed by atoms with van der Waals surface area (Å²) in [7, 11) is 0. The van der Waals surface area contributed by atoms with Crippen LogP contribution in [0, 0.1) is 6.92 Å². The third-order valence-electron chi connectivity index (χ3n) is 4.13. The fraction of sp³-hybridized carbons (Fsp3) is 0.450. The molecule has 1 aliphatic rings. The monoisotopic (exact) mass is 342 g/mol. The molecule has 1 aliphatic heterocycles. The Kier molecular flexibility index (Phi) is 4.86. The average molecular weight is 342 g/mol. The largest absolute Gasteiger partial charge is 0.459 e. The van der Waals surface area contributed by atoms with E-state index in [1.54, 1.807) is 4.90 Å². The van der Waals surface area contributed by atoms with Gasteiger partial charge in [-0.3, -0.25) is 0 Å². The molecule has 5 nitrogen and oxygen atoms in total. The summed E-state index contributed by atoms with van der Waals surface area (Å²) in [6.07, 6.45) is -0.274. The summed E-state index contributed by atoms with van der Waals surface area (Å²) in [6, 6.07) is 12.2. The summed E-state index contributed by atoms with van der Waals surface area (Å²) in [5, 5.41) is 3.41. The van der Waals surface area contributed by atoms with Gasteiger partial charge in [-0.1, -0.05) is 29.8 Å². The quantitative estimate of drug-likeness (QED) is 0.891. The van der Waals surface area contributed by atoms with E-state index >= 15 is 0 Å². The molecule has 1 saturated heterocycles. The van der Waals surface area contributed by atoms with Gasteiger partial charge in [-0.2, -0.15) is 0 Å². The molecule has 1 aromatic carbocycles. The number of hydrogen-bond donors (Lipinski definition) is 1. The van der Waals surface area contributed by atoms with E-state index in [1.807, 2.05) is 32.9 Å². The fourth-order valence-corrected chi connectivity index (χ4v) is 2.85. The van der Waals surface area contributed by atoms with Crippen LogP contribution in [0.2, 0.25) is 0 Å². The first-order valence-electron chi connectivity index (χ1n) is 8.70. The van der Waals surface area contributed by atoms with Gasteiger partial charge in [0.05, 0.1) is 6.04 Å². The molecule has 1 unspecified atom stereocenters. The van der Waals surface area contributed by atoms with Crippen LogP contribution in [0.1, 0.15) is 38.1 Å². The van der Waals surface area contributed by atoms with E-state index in [0.717, 1.165) is 17.1 Å². The topological polar surface area (TPSA) is 54.7 Å². The second-order valence-corrected chi connectivity index (χ2v) is 7.50. The van der Waals surface area contributed by atoms with Crippen molar-refractivity contribution >= 4 is 6.09 Å². The van der Waals surface area contributed by atoms with Gasteiger partial charge in [-0.25, -0.2) is 4.79 Å². The minimum Gasteiger partial charge on any atom is -0.459 e. The zero-order chi connectivity index (χ0) is 18.0. The summed E-state index contributed by atoms with van der Waals surface area (Å²) < 4.78 is 11.5. The zero-order valence-electron chi connectivity index (χ0n) is 15.3. The van der Waals surface area contributed by atoms with Crippen LogP contribution < -0.4 is 5.32 Å². The van der Waals surface area contributed by atoms with Crippen molar-refractivity contribution in [2.75, 3.05) is 19.6 Å². The third-order valence-corrected chi connectivity index (χ3v) is 4.13. The van der Waals surface area contributed by atoms with Crippen LogP contribution >= 0.6 is 0 Å². The van der Waals surface area contributed by atoms with Crippen LogP contribution in [0.25, 0.3) is 11.3 Å². The Morgan fingerprint density at radius 2 is 1.92 bits per heavy atom. The van der Waals surface area contributed by atoms with Crippen molar-refractivity contribution in [1.82, 2.24) is 10.2 Å². The number of carbonyl (C=O) groups is 1. The molecule has 134 valence electrons. The fourth-order valence-electron chi connectivity index (χ4n) is 2.85. The Bertz CT molecular complexity index is 728. The van der Waals surface area contributed by atoms with E-state index < -0.39 is 5.60 Å². The highest BCUT2D eigenvalue weighted by molar-refractivity contribution is 5.68. The van der Waals surface area contributed by atoms with Crippen molar-refractivity contribution in [2.45, 2.75) is 39.3 Å². The molecule has 1 atom stereocenters. The SMILES string of the molecule is Cc1ccc(-c2ccc(C3CN(C(=O)OC(C)(C)C)CCN3)o2)cc1. The van der Waals surface area contributed by atoms with Crippen LogP contribution in [-0.2, 0) is 4.74 Å². The van der Waals surface area contributed by atoms with Crippen LogP contribution in [0.4, 0.5) is 4.79 Å². The predicted octanol–water partition coefficient (Wildman–Crippen LogP) is 4.14. The van der Waals surface area contributed by atoms with Crippen LogP contribution in [0.15, 0.2) is 40.8 Å². The number of benzene rings is 1. The summed E-state index contributed by atoms with van der Waals surface area (Å²) >= 11 is 0. The van der Waals surface area contributed by atoms with Crippen molar-refractivity contribution in [1.29, 1.82) is 0 Å². The predicted molar refractivity (Wildman–Crippen MR) is 97.4 cm³/mol. The van der Waals surface area contributed by atoms with E-state index in [0.29, 0.717) is 19.6 Å². The van der Waals surface area contributed by atoms with Gasteiger partial charge in [0.2, 0.25) is 0 Å². The molecule has 0 radical (unpaired) electrons. The molecule has 2 heterocycles. The number of nitrogens with one attached hydrogen (secondary N) is 1. The Morgan fingerprint density at radius 3 is 2.60 bits per heavy atom. The smallest absolute Gasteiger partial charge is 0.410 e. The Balaban J connectivity index is 1.70. The van der Waals surface area contributed by atoms with Crippen molar-refractivity contribution in [3.8, 4) is 11.3 Å². The first-order valence-corrected chi connectivity index (χ1v) is 8.70. The Labute approximate surface area is 149 Å². The number of hydrogen-bond acceptors (Lipinski definition) is 4. The van der Waals surface area contributed by atoms with Crippen LogP contribution in [0.5, 0.6) is 0 Å². The average Bonchev–Trinajstić information content (AvgIpc) is 3.04. The van der Waals surface area contributed by atoms with E-state index in [2.05, 4.69) is 36.5 Å². The number of furan rings is 1. The van der Waals surface area contributed by atoms with E-state index in [4.69, 9.17) is 9.15 Å². The van der Waals surface area contributed by atoms with Gasteiger partial charge in [0, 0.05) is 25.2 Å². The van der Waals surface area contributed by atoms with Crippen molar-refractivity contribution in [3.63, 3.8) is 0 Å². The number of amides is 1. The lowest BCUT2D eigenvalue weighted by molar-refractivity contribution is 0.0188. The molecule has 1 N–H and O–H groups in total. The van der Waals surface area contributed by atoms with Crippen molar-refractivity contribution in [3.05, 3.63) is 47.7 Å². The molecule has 0 saturated carbocycles. The van der Waals surface area contributed by atoms with E-state index in [1.165, 1.54) is 5.56 Å². The number of aryl methyl sites for hydroxylation is 1. The molecule has 2 aromatic rings. The summed E-state index contributed by atoms with van der Waals surface area (Å²) in [6.45, 7) is 9.59. The van der Waals surface area contributed by atoms with Gasteiger partial charge in [0.15, 0.2) is 0 Å². The van der Waals surface area contributed by atoms with Crippen molar-refractivity contribution < 1.29 is 13.9 Å². The molecule has 25 heavy (non-hydrogen) atoms. The first kappa shape index (κ1) is 17.5. The maximum Gasteiger partial charge on any atom is 0.410 e. The normalized spacial score (nSPS) is 18.2. The lowest BCUT2D eigenvalue weighted by Crippen LogP contribution is -2.49. The van der Waals surface area contributed by atoms with Gasteiger partial charge in [-0.15, -0.1) is 0 Å². The molecular formula is C20H26N2O3. The second-order valence-electron chi connectivity index (χ2n) is 7.50.